The Bertz CT molecular complexity index is 354. The monoisotopic (exact) mass is 210 g/mol. The van der Waals surface area contributed by atoms with Crippen LogP contribution in [-0.2, 0) is 0 Å². The first-order valence-corrected chi connectivity index (χ1v) is 4.58. The summed E-state index contributed by atoms with van der Waals surface area (Å²) in [7, 11) is 1.59. The lowest BCUT2D eigenvalue weighted by Gasteiger charge is -2.22. The van der Waals surface area contributed by atoms with Gasteiger partial charge in [-0.25, -0.2) is 0 Å². The topological polar surface area (TPSA) is 73.7 Å². The molecule has 0 aliphatic heterocycles. The van der Waals surface area contributed by atoms with Crippen LogP contribution in [-0.4, -0.2) is 45.7 Å². The zero-order valence-corrected chi connectivity index (χ0v) is 8.71. The van der Waals surface area contributed by atoms with E-state index in [-0.39, 0.29) is 24.3 Å². The van der Waals surface area contributed by atoms with Crippen LogP contribution in [0.25, 0.3) is 0 Å². The van der Waals surface area contributed by atoms with Crippen molar-refractivity contribution in [2.45, 2.75) is 13.0 Å². The van der Waals surface area contributed by atoms with E-state index in [2.05, 4.69) is 4.98 Å². The molecule has 1 unspecified atom stereocenters. The molecule has 0 aliphatic carbocycles. The first-order valence-electron chi connectivity index (χ1n) is 4.58. The summed E-state index contributed by atoms with van der Waals surface area (Å²) < 4.78 is 0. The zero-order valence-electron chi connectivity index (χ0n) is 8.71. The van der Waals surface area contributed by atoms with Crippen LogP contribution in [0.5, 0.6) is 5.75 Å². The summed E-state index contributed by atoms with van der Waals surface area (Å²) in [4.78, 5) is 16.9. The van der Waals surface area contributed by atoms with E-state index in [1.54, 1.807) is 14.0 Å². The molecule has 5 heteroatoms. The molecule has 1 amide bonds. The first-order chi connectivity index (χ1) is 7.06. The minimum Gasteiger partial charge on any atom is -0.506 e. The van der Waals surface area contributed by atoms with Crippen molar-refractivity contribution in [3.63, 3.8) is 0 Å². The molecule has 2 N–H and O–H groups in total. The van der Waals surface area contributed by atoms with Gasteiger partial charge in [0.05, 0.1) is 24.4 Å². The van der Waals surface area contributed by atoms with Crippen LogP contribution in [0.4, 0.5) is 0 Å². The van der Waals surface area contributed by atoms with Gasteiger partial charge in [-0.2, -0.15) is 0 Å². The van der Waals surface area contributed by atoms with Gasteiger partial charge < -0.3 is 15.1 Å². The highest BCUT2D eigenvalue weighted by Crippen LogP contribution is 2.11. The smallest absolute Gasteiger partial charge is 0.255 e. The number of amides is 1. The fourth-order valence-corrected chi connectivity index (χ4v) is 1.07. The number of likely N-dealkylation sites (N-methyl/N-ethyl adjacent to an activating group) is 1. The zero-order chi connectivity index (χ0) is 11.4. The summed E-state index contributed by atoms with van der Waals surface area (Å²) in [5.41, 5.74) is 0.304. The molecule has 0 aliphatic rings. The highest BCUT2D eigenvalue weighted by atomic mass is 16.3. The Morgan fingerprint density at radius 3 is 2.80 bits per heavy atom. The Labute approximate surface area is 88.0 Å². The molecule has 1 aromatic heterocycles. The predicted octanol–water partition coefficient (Wildman–Crippen LogP) is 0.240. The first kappa shape index (κ1) is 11.5. The van der Waals surface area contributed by atoms with Crippen LogP contribution in [0.15, 0.2) is 18.5 Å². The molecule has 1 rings (SSSR count). The number of rotatable bonds is 3. The summed E-state index contributed by atoms with van der Waals surface area (Å²) in [6, 6.07) is 1.08. The van der Waals surface area contributed by atoms with Crippen molar-refractivity contribution in [2.24, 2.45) is 0 Å². The number of aliphatic hydroxyl groups is 1. The standard InChI is InChI=1S/C10H14N2O3/c1-7(6-13)12(2)10(15)8-3-9(14)5-11-4-8/h3-5,7,13-14H,6H2,1-2H3. The molecule has 15 heavy (non-hydrogen) atoms. The maximum Gasteiger partial charge on any atom is 0.255 e. The molecule has 1 heterocycles. The Morgan fingerprint density at radius 1 is 1.60 bits per heavy atom. The maximum atomic E-state index is 11.8. The van der Waals surface area contributed by atoms with Crippen molar-refractivity contribution >= 4 is 5.91 Å². The minimum absolute atomic E-state index is 0.0501. The summed E-state index contributed by atoms with van der Waals surface area (Å²) in [5.74, 6) is -0.328. The van der Waals surface area contributed by atoms with Gasteiger partial charge in [-0.3, -0.25) is 9.78 Å². The van der Waals surface area contributed by atoms with Gasteiger partial charge in [0, 0.05) is 13.2 Å². The third kappa shape index (κ3) is 2.66. The number of pyridine rings is 1. The molecular weight excluding hydrogens is 196 g/mol. The Hall–Kier alpha value is -1.62. The average Bonchev–Trinajstić information content (AvgIpc) is 2.26. The summed E-state index contributed by atoms with van der Waals surface area (Å²) in [6.45, 7) is 1.63. The van der Waals surface area contributed by atoms with E-state index in [1.165, 1.54) is 23.4 Å². The van der Waals surface area contributed by atoms with Crippen molar-refractivity contribution in [3.05, 3.63) is 24.0 Å². The van der Waals surface area contributed by atoms with Crippen LogP contribution in [0.1, 0.15) is 17.3 Å². The van der Waals surface area contributed by atoms with Crippen molar-refractivity contribution in [1.29, 1.82) is 0 Å². The SMILES string of the molecule is CC(CO)N(C)C(=O)c1cncc(O)c1. The van der Waals surface area contributed by atoms with Crippen LogP contribution in [0.3, 0.4) is 0 Å². The lowest BCUT2D eigenvalue weighted by Crippen LogP contribution is -2.37. The lowest BCUT2D eigenvalue weighted by atomic mass is 10.2. The minimum atomic E-state index is -0.278. The fraction of sp³-hybridized carbons (Fsp3) is 0.400. The molecular formula is C10H14N2O3. The normalized spacial score (nSPS) is 12.2. The molecule has 0 saturated heterocycles. The van der Waals surface area contributed by atoms with Crippen molar-refractivity contribution in [3.8, 4) is 5.75 Å². The van der Waals surface area contributed by atoms with E-state index in [0.717, 1.165) is 0 Å². The molecule has 0 radical (unpaired) electrons. The second kappa shape index (κ2) is 4.75. The largest absolute Gasteiger partial charge is 0.506 e. The van der Waals surface area contributed by atoms with Crippen molar-refractivity contribution < 1.29 is 15.0 Å². The van der Waals surface area contributed by atoms with Crippen LogP contribution >= 0.6 is 0 Å². The summed E-state index contributed by atoms with van der Waals surface area (Å²) >= 11 is 0. The number of carbonyl (C=O) groups excluding carboxylic acids is 1. The van der Waals surface area contributed by atoms with Gasteiger partial charge in [0.1, 0.15) is 5.75 Å². The molecule has 82 valence electrons. The van der Waals surface area contributed by atoms with Crippen LogP contribution in [0, 0.1) is 0 Å². The van der Waals surface area contributed by atoms with E-state index < -0.39 is 0 Å². The van der Waals surface area contributed by atoms with E-state index >= 15 is 0 Å². The molecule has 0 aromatic carbocycles. The molecule has 0 saturated carbocycles. The highest BCUT2D eigenvalue weighted by Gasteiger charge is 2.17. The summed E-state index contributed by atoms with van der Waals surface area (Å²) in [6.07, 6.45) is 2.63. The third-order valence-corrected chi connectivity index (χ3v) is 2.22. The number of carbonyl (C=O) groups is 1. The predicted molar refractivity (Wildman–Crippen MR) is 54.5 cm³/mol. The molecule has 5 nitrogen and oxygen atoms in total. The Morgan fingerprint density at radius 2 is 2.27 bits per heavy atom. The highest BCUT2D eigenvalue weighted by molar-refractivity contribution is 5.94. The summed E-state index contributed by atoms with van der Waals surface area (Å²) in [5, 5.41) is 18.1. The number of hydrogen-bond donors (Lipinski definition) is 2. The number of aliphatic hydroxyl groups excluding tert-OH is 1. The third-order valence-electron chi connectivity index (χ3n) is 2.22. The van der Waals surface area contributed by atoms with Gasteiger partial charge in [0.25, 0.3) is 5.91 Å². The van der Waals surface area contributed by atoms with E-state index in [4.69, 9.17) is 10.2 Å². The second-order valence-electron chi connectivity index (χ2n) is 3.38. The van der Waals surface area contributed by atoms with Gasteiger partial charge >= 0.3 is 0 Å². The quantitative estimate of drug-likeness (QED) is 0.749. The number of aromatic nitrogens is 1. The van der Waals surface area contributed by atoms with Gasteiger partial charge in [0.2, 0.25) is 0 Å². The number of hydrogen-bond acceptors (Lipinski definition) is 4. The maximum absolute atomic E-state index is 11.8. The lowest BCUT2D eigenvalue weighted by molar-refractivity contribution is 0.0681. The van der Waals surface area contributed by atoms with Gasteiger partial charge in [-0.1, -0.05) is 0 Å². The number of aromatic hydroxyl groups is 1. The average molecular weight is 210 g/mol. The Balaban J connectivity index is 2.85. The van der Waals surface area contributed by atoms with Crippen molar-refractivity contribution in [2.75, 3.05) is 13.7 Å². The Kier molecular flexibility index (Phi) is 3.62. The molecule has 0 fully saturated rings. The molecule has 0 bridgehead atoms. The van der Waals surface area contributed by atoms with Gasteiger partial charge in [0.15, 0.2) is 0 Å². The van der Waals surface area contributed by atoms with Crippen LogP contribution < -0.4 is 0 Å². The van der Waals surface area contributed by atoms with Crippen molar-refractivity contribution in [1.82, 2.24) is 9.88 Å². The van der Waals surface area contributed by atoms with E-state index in [0.29, 0.717) is 5.56 Å². The second-order valence-corrected chi connectivity index (χ2v) is 3.38. The van der Waals surface area contributed by atoms with E-state index in [9.17, 15) is 4.79 Å². The van der Waals surface area contributed by atoms with Crippen LogP contribution in [0.2, 0.25) is 0 Å². The van der Waals surface area contributed by atoms with E-state index in [1.807, 2.05) is 0 Å². The van der Waals surface area contributed by atoms with Gasteiger partial charge in [-0.15, -0.1) is 0 Å². The number of nitrogens with zero attached hydrogens (tertiary/aromatic N) is 2. The molecule has 0 spiro atoms. The molecule has 1 aromatic rings. The fourth-order valence-electron chi connectivity index (χ4n) is 1.07. The van der Waals surface area contributed by atoms with Gasteiger partial charge in [-0.05, 0) is 13.0 Å². The molecule has 1 atom stereocenters.